The Morgan fingerprint density at radius 3 is 3.00 bits per heavy atom. The van der Waals surface area contributed by atoms with Gasteiger partial charge in [-0.3, -0.25) is 0 Å². The molecule has 2 unspecified atom stereocenters. The molecule has 0 radical (unpaired) electrons. The SMILES string of the molecule is CC1c2cc(-c3nncc(Cl)n3)ccc2[N-][NH+]1C. The molecule has 92 valence electrons. The maximum atomic E-state index is 5.83. The lowest BCUT2D eigenvalue weighted by atomic mass is 10.0. The predicted octanol–water partition coefficient (Wildman–Crippen LogP) is 1.70. The van der Waals surface area contributed by atoms with Gasteiger partial charge in [-0.1, -0.05) is 29.4 Å². The van der Waals surface area contributed by atoms with Crippen LogP contribution >= 0.6 is 11.6 Å². The molecule has 0 saturated heterocycles. The van der Waals surface area contributed by atoms with Crippen LogP contribution in [0.3, 0.4) is 0 Å². The fraction of sp³-hybridized carbons (Fsp3) is 0.250. The summed E-state index contributed by atoms with van der Waals surface area (Å²) in [6, 6.07) is 6.34. The molecule has 0 spiro atoms. The molecule has 0 amide bonds. The summed E-state index contributed by atoms with van der Waals surface area (Å²) in [5.74, 6) is 0.544. The molecule has 2 atom stereocenters. The molecule has 2 heterocycles. The van der Waals surface area contributed by atoms with Crippen LogP contribution in [-0.4, -0.2) is 22.2 Å². The average molecular weight is 262 g/mol. The van der Waals surface area contributed by atoms with Gasteiger partial charge in [0, 0.05) is 5.56 Å². The van der Waals surface area contributed by atoms with Crippen LogP contribution in [0, 0.1) is 0 Å². The fourth-order valence-corrected chi connectivity index (χ4v) is 2.18. The Morgan fingerprint density at radius 2 is 2.22 bits per heavy atom. The zero-order valence-corrected chi connectivity index (χ0v) is 10.8. The van der Waals surface area contributed by atoms with Crippen molar-refractivity contribution in [1.82, 2.24) is 15.2 Å². The molecule has 3 rings (SSSR count). The molecule has 0 fully saturated rings. The quantitative estimate of drug-likeness (QED) is 0.850. The zero-order chi connectivity index (χ0) is 12.7. The first-order chi connectivity index (χ1) is 8.65. The van der Waals surface area contributed by atoms with Crippen molar-refractivity contribution in [2.75, 3.05) is 7.05 Å². The largest absolute Gasteiger partial charge is 0.488 e. The molecule has 18 heavy (non-hydrogen) atoms. The van der Waals surface area contributed by atoms with Crippen molar-refractivity contribution in [3.63, 3.8) is 0 Å². The molecule has 1 aliphatic heterocycles. The summed E-state index contributed by atoms with van der Waals surface area (Å²) in [5, 5.41) is 9.29. The van der Waals surface area contributed by atoms with E-state index in [1.54, 1.807) is 0 Å². The minimum absolute atomic E-state index is 0.340. The molecule has 2 aromatic rings. The van der Waals surface area contributed by atoms with Crippen LogP contribution in [0.15, 0.2) is 24.4 Å². The second kappa shape index (κ2) is 4.19. The number of quaternary nitrogens is 1. The lowest BCUT2D eigenvalue weighted by molar-refractivity contribution is -0.863. The molecule has 1 N–H and O–H groups in total. The number of rotatable bonds is 1. The Labute approximate surface area is 110 Å². The predicted molar refractivity (Wildman–Crippen MR) is 68.6 cm³/mol. The van der Waals surface area contributed by atoms with Gasteiger partial charge in [-0.05, 0) is 18.6 Å². The summed E-state index contributed by atoms with van der Waals surface area (Å²) in [4.78, 5) is 4.17. The molecule has 1 aromatic heterocycles. The number of nitrogens with zero attached hydrogens (tertiary/aromatic N) is 4. The van der Waals surface area contributed by atoms with Gasteiger partial charge in [-0.2, -0.15) is 5.10 Å². The van der Waals surface area contributed by atoms with Crippen molar-refractivity contribution in [2.24, 2.45) is 0 Å². The van der Waals surface area contributed by atoms with Crippen LogP contribution in [0.4, 0.5) is 5.69 Å². The van der Waals surface area contributed by atoms with E-state index in [1.807, 2.05) is 19.2 Å². The van der Waals surface area contributed by atoms with Crippen LogP contribution in [0.25, 0.3) is 16.8 Å². The summed E-state index contributed by atoms with van der Waals surface area (Å²) in [7, 11) is 2.04. The van der Waals surface area contributed by atoms with Crippen LogP contribution in [0.1, 0.15) is 18.5 Å². The third kappa shape index (κ3) is 1.81. The normalized spacial score (nSPS) is 21.5. The van der Waals surface area contributed by atoms with Crippen LogP contribution < -0.4 is 5.01 Å². The van der Waals surface area contributed by atoms with Gasteiger partial charge in [0.25, 0.3) is 0 Å². The minimum atomic E-state index is 0.340. The fourth-order valence-electron chi connectivity index (χ4n) is 2.06. The number of aromatic nitrogens is 3. The lowest BCUT2D eigenvalue weighted by Gasteiger charge is -2.22. The highest BCUT2D eigenvalue weighted by molar-refractivity contribution is 6.29. The third-order valence-corrected chi connectivity index (χ3v) is 3.39. The van der Waals surface area contributed by atoms with Crippen molar-refractivity contribution in [3.05, 3.63) is 40.5 Å². The van der Waals surface area contributed by atoms with Crippen LogP contribution in [0.5, 0.6) is 0 Å². The number of hydrogen-bond donors (Lipinski definition) is 1. The molecule has 1 aliphatic rings. The molecule has 0 saturated carbocycles. The maximum absolute atomic E-state index is 5.83. The van der Waals surface area contributed by atoms with E-state index >= 15 is 0 Å². The summed E-state index contributed by atoms with van der Waals surface area (Å²) in [6.45, 7) is 2.14. The summed E-state index contributed by atoms with van der Waals surface area (Å²) in [5.41, 5.74) is 7.67. The zero-order valence-electron chi connectivity index (χ0n) is 10.1. The Bertz CT molecular complexity index is 601. The number of nitrogens with one attached hydrogen (secondary N) is 1. The smallest absolute Gasteiger partial charge is 0.183 e. The topological polar surface area (TPSA) is 57.2 Å². The monoisotopic (exact) mass is 261 g/mol. The molecule has 0 bridgehead atoms. The van der Waals surface area contributed by atoms with Gasteiger partial charge >= 0.3 is 0 Å². The number of benzene rings is 1. The van der Waals surface area contributed by atoms with E-state index in [4.69, 9.17) is 11.6 Å². The minimum Gasteiger partial charge on any atom is -0.488 e. The number of fused-ring (bicyclic) bond motifs is 1. The van der Waals surface area contributed by atoms with E-state index in [-0.39, 0.29) is 0 Å². The van der Waals surface area contributed by atoms with Gasteiger partial charge < -0.3 is 10.4 Å². The van der Waals surface area contributed by atoms with Gasteiger partial charge in [0.15, 0.2) is 11.0 Å². The maximum Gasteiger partial charge on any atom is 0.183 e. The molecule has 5 nitrogen and oxygen atoms in total. The Hall–Kier alpha value is -1.72. The highest BCUT2D eigenvalue weighted by Crippen LogP contribution is 2.33. The van der Waals surface area contributed by atoms with E-state index in [0.29, 0.717) is 17.0 Å². The summed E-state index contributed by atoms with van der Waals surface area (Å²) >= 11 is 5.83. The summed E-state index contributed by atoms with van der Waals surface area (Å²) in [6.07, 6.45) is 1.42. The first-order valence-electron chi connectivity index (χ1n) is 5.70. The number of halogens is 1. The Kier molecular flexibility index (Phi) is 2.65. The molecule has 0 aliphatic carbocycles. The molecular formula is C12H12ClN5. The van der Waals surface area contributed by atoms with Crippen molar-refractivity contribution in [1.29, 1.82) is 0 Å². The van der Waals surface area contributed by atoms with E-state index in [9.17, 15) is 0 Å². The van der Waals surface area contributed by atoms with E-state index < -0.39 is 0 Å². The van der Waals surface area contributed by atoms with E-state index in [0.717, 1.165) is 16.3 Å². The van der Waals surface area contributed by atoms with Crippen molar-refractivity contribution in [2.45, 2.75) is 13.0 Å². The van der Waals surface area contributed by atoms with Gasteiger partial charge in [0.05, 0.1) is 13.2 Å². The second-order valence-corrected chi connectivity index (χ2v) is 4.74. The average Bonchev–Trinajstić information content (AvgIpc) is 2.65. The standard InChI is InChI=1S/C12H12ClN5/c1-7-9-5-8(3-4-10(9)17-18(7)2)12-15-11(13)6-14-16-12/h3-7,18H,1-2H3. The first kappa shape index (κ1) is 11.4. The highest BCUT2D eigenvalue weighted by Gasteiger charge is 2.20. The van der Waals surface area contributed by atoms with Gasteiger partial charge in [-0.15, -0.1) is 5.10 Å². The van der Waals surface area contributed by atoms with Gasteiger partial charge in [0.2, 0.25) is 0 Å². The molecular weight excluding hydrogens is 250 g/mol. The highest BCUT2D eigenvalue weighted by atomic mass is 35.5. The molecule has 6 heteroatoms. The molecule has 1 aromatic carbocycles. The van der Waals surface area contributed by atoms with Gasteiger partial charge in [0.1, 0.15) is 6.04 Å². The third-order valence-electron chi connectivity index (χ3n) is 3.21. The van der Waals surface area contributed by atoms with Crippen LogP contribution in [0.2, 0.25) is 5.15 Å². The second-order valence-electron chi connectivity index (χ2n) is 4.35. The van der Waals surface area contributed by atoms with Crippen molar-refractivity contribution < 1.29 is 5.01 Å². The van der Waals surface area contributed by atoms with Crippen molar-refractivity contribution >= 4 is 17.3 Å². The van der Waals surface area contributed by atoms with E-state index in [1.165, 1.54) is 11.8 Å². The Balaban J connectivity index is 2.06. The summed E-state index contributed by atoms with van der Waals surface area (Å²) < 4.78 is 0. The lowest BCUT2D eigenvalue weighted by Crippen LogP contribution is -3.02. The van der Waals surface area contributed by atoms with Gasteiger partial charge in [-0.25, -0.2) is 4.98 Å². The van der Waals surface area contributed by atoms with Crippen molar-refractivity contribution in [3.8, 4) is 11.4 Å². The first-order valence-corrected chi connectivity index (χ1v) is 6.07. The Morgan fingerprint density at radius 1 is 1.39 bits per heavy atom. The van der Waals surface area contributed by atoms with Crippen LogP contribution in [-0.2, 0) is 0 Å². The number of hydrogen-bond acceptors (Lipinski definition) is 3. The van der Waals surface area contributed by atoms with E-state index in [2.05, 4.69) is 33.6 Å².